The zero-order valence-electron chi connectivity index (χ0n) is 13.6. The molecule has 0 radical (unpaired) electrons. The number of carbonyl (C=O) groups excluding carboxylic acids is 1. The number of anilines is 1. The lowest BCUT2D eigenvalue weighted by atomic mass is 10.3. The van der Waals surface area contributed by atoms with E-state index in [4.69, 9.17) is 16.3 Å². The molecule has 1 amide bonds. The molecule has 3 rings (SSSR count). The summed E-state index contributed by atoms with van der Waals surface area (Å²) in [5.74, 6) is -0.833. The van der Waals surface area contributed by atoms with Crippen LogP contribution in [-0.2, 0) is 11.0 Å². The first kappa shape index (κ1) is 18.7. The second-order valence-corrected chi connectivity index (χ2v) is 5.71. The number of pyridine rings is 1. The van der Waals surface area contributed by atoms with Crippen LogP contribution in [0.2, 0.25) is 5.02 Å². The molecule has 27 heavy (non-hydrogen) atoms. The third-order valence-corrected chi connectivity index (χ3v) is 3.66. The maximum absolute atomic E-state index is 13.0. The number of ether oxygens (including phenoxy) is 1. The molecule has 2 aromatic heterocycles. The van der Waals surface area contributed by atoms with Crippen LogP contribution in [0.3, 0.4) is 0 Å². The number of carbonyl (C=O) groups is 1. The Kier molecular flexibility index (Phi) is 5.31. The smallest absolute Gasteiger partial charge is 0.435 e. The van der Waals surface area contributed by atoms with Crippen molar-refractivity contribution in [2.75, 3.05) is 11.9 Å². The van der Waals surface area contributed by atoms with Gasteiger partial charge in [-0.2, -0.15) is 23.0 Å². The number of benzene rings is 1. The summed E-state index contributed by atoms with van der Waals surface area (Å²) in [5.41, 5.74) is -0.538. The van der Waals surface area contributed by atoms with Crippen LogP contribution in [0, 0.1) is 0 Å². The Labute approximate surface area is 156 Å². The van der Waals surface area contributed by atoms with Crippen LogP contribution in [0.15, 0.2) is 54.9 Å². The first-order valence-corrected chi connectivity index (χ1v) is 7.97. The summed E-state index contributed by atoms with van der Waals surface area (Å²) in [6.45, 7) is -0.525. The fourth-order valence-electron chi connectivity index (χ4n) is 2.17. The Morgan fingerprint density at radius 1 is 1.22 bits per heavy atom. The Morgan fingerprint density at radius 2 is 2.00 bits per heavy atom. The normalized spacial score (nSPS) is 11.3. The second-order valence-electron chi connectivity index (χ2n) is 5.31. The third kappa shape index (κ3) is 4.56. The number of nitrogens with zero attached hydrogens (tertiary/aromatic N) is 3. The molecule has 0 saturated carbocycles. The largest absolute Gasteiger partial charge is 0.467 e. The number of aromatic nitrogens is 3. The summed E-state index contributed by atoms with van der Waals surface area (Å²) < 4.78 is 45.3. The van der Waals surface area contributed by atoms with Gasteiger partial charge in [-0.05, 0) is 24.3 Å². The van der Waals surface area contributed by atoms with Crippen molar-refractivity contribution >= 4 is 23.2 Å². The van der Waals surface area contributed by atoms with E-state index in [1.54, 1.807) is 24.3 Å². The monoisotopic (exact) mass is 396 g/mol. The maximum Gasteiger partial charge on any atom is 0.435 e. The molecule has 2 heterocycles. The molecule has 0 fully saturated rings. The highest BCUT2D eigenvalue weighted by Gasteiger charge is 2.35. The lowest BCUT2D eigenvalue weighted by molar-refractivity contribution is -0.141. The van der Waals surface area contributed by atoms with Gasteiger partial charge in [0.05, 0.1) is 22.6 Å². The summed E-state index contributed by atoms with van der Waals surface area (Å²) in [6.07, 6.45) is -1.72. The topological polar surface area (TPSA) is 69.0 Å². The second kappa shape index (κ2) is 7.67. The van der Waals surface area contributed by atoms with E-state index in [0.29, 0.717) is 11.8 Å². The first-order chi connectivity index (χ1) is 12.8. The number of halogens is 4. The van der Waals surface area contributed by atoms with E-state index in [-0.39, 0.29) is 16.6 Å². The summed E-state index contributed by atoms with van der Waals surface area (Å²) in [6, 6.07) is 10.2. The molecule has 0 spiro atoms. The highest BCUT2D eigenvalue weighted by Crippen LogP contribution is 2.33. The quantitative estimate of drug-likeness (QED) is 0.709. The minimum Gasteiger partial charge on any atom is -0.467 e. The standard InChI is InChI=1S/C17H12ClF3N4O2/c18-12-5-1-2-6-13(12)25-16(8-14(24-25)17(19,20)21)27-10-15(26)23-11-4-3-7-22-9-11/h1-9H,10H2,(H,23,26). The Hall–Kier alpha value is -3.07. The molecule has 140 valence electrons. The minimum atomic E-state index is -4.68. The van der Waals surface area contributed by atoms with E-state index in [1.165, 1.54) is 24.5 Å². The van der Waals surface area contributed by atoms with E-state index in [2.05, 4.69) is 15.4 Å². The molecule has 10 heteroatoms. The Morgan fingerprint density at radius 3 is 2.67 bits per heavy atom. The SMILES string of the molecule is O=C(COc1cc(C(F)(F)F)nn1-c1ccccc1Cl)Nc1cccnc1. The molecule has 0 unspecified atom stereocenters. The van der Waals surface area contributed by atoms with Crippen LogP contribution in [0.4, 0.5) is 18.9 Å². The number of amides is 1. The predicted molar refractivity (Wildman–Crippen MR) is 91.9 cm³/mol. The summed E-state index contributed by atoms with van der Waals surface area (Å²) >= 11 is 6.04. The van der Waals surface area contributed by atoms with Crippen LogP contribution in [0.25, 0.3) is 5.69 Å². The molecule has 1 N–H and O–H groups in total. The minimum absolute atomic E-state index is 0.180. The van der Waals surface area contributed by atoms with E-state index in [0.717, 1.165) is 4.68 Å². The molecule has 0 aliphatic heterocycles. The number of para-hydroxylation sites is 1. The average Bonchev–Trinajstić information content (AvgIpc) is 3.06. The van der Waals surface area contributed by atoms with Crippen LogP contribution in [0.5, 0.6) is 5.88 Å². The van der Waals surface area contributed by atoms with Gasteiger partial charge in [0.15, 0.2) is 12.3 Å². The maximum atomic E-state index is 13.0. The van der Waals surface area contributed by atoms with Crippen molar-refractivity contribution in [3.05, 3.63) is 65.6 Å². The van der Waals surface area contributed by atoms with Gasteiger partial charge in [-0.3, -0.25) is 9.78 Å². The molecular formula is C17H12ClF3N4O2. The molecular weight excluding hydrogens is 385 g/mol. The number of rotatable bonds is 5. The molecule has 1 aromatic carbocycles. The third-order valence-electron chi connectivity index (χ3n) is 3.34. The Bertz CT molecular complexity index is 945. The van der Waals surface area contributed by atoms with Crippen LogP contribution in [0.1, 0.15) is 5.69 Å². The van der Waals surface area contributed by atoms with Gasteiger partial charge in [0.2, 0.25) is 5.88 Å². The van der Waals surface area contributed by atoms with Crippen molar-refractivity contribution in [2.24, 2.45) is 0 Å². The molecule has 0 aliphatic rings. The molecule has 3 aromatic rings. The number of nitrogens with one attached hydrogen (secondary N) is 1. The van der Waals surface area contributed by atoms with Gasteiger partial charge in [0.1, 0.15) is 0 Å². The molecule has 0 atom stereocenters. The van der Waals surface area contributed by atoms with Gasteiger partial charge in [0, 0.05) is 12.3 Å². The summed E-state index contributed by atoms with van der Waals surface area (Å²) in [4.78, 5) is 15.8. The summed E-state index contributed by atoms with van der Waals surface area (Å²) in [7, 11) is 0. The number of hydrogen-bond donors (Lipinski definition) is 1. The van der Waals surface area contributed by atoms with Gasteiger partial charge in [0.25, 0.3) is 5.91 Å². The van der Waals surface area contributed by atoms with Crippen molar-refractivity contribution in [3.63, 3.8) is 0 Å². The van der Waals surface area contributed by atoms with E-state index in [1.807, 2.05) is 0 Å². The van der Waals surface area contributed by atoms with E-state index in [9.17, 15) is 18.0 Å². The number of hydrogen-bond acceptors (Lipinski definition) is 4. The fraction of sp³-hybridized carbons (Fsp3) is 0.118. The molecule has 0 aliphatic carbocycles. The fourth-order valence-corrected chi connectivity index (χ4v) is 2.39. The van der Waals surface area contributed by atoms with Gasteiger partial charge in [-0.1, -0.05) is 23.7 Å². The number of alkyl halides is 3. The zero-order chi connectivity index (χ0) is 19.4. The van der Waals surface area contributed by atoms with Crippen molar-refractivity contribution in [2.45, 2.75) is 6.18 Å². The van der Waals surface area contributed by atoms with Gasteiger partial charge < -0.3 is 10.1 Å². The lowest BCUT2D eigenvalue weighted by Gasteiger charge is -2.10. The van der Waals surface area contributed by atoms with Crippen molar-refractivity contribution in [1.29, 1.82) is 0 Å². The summed E-state index contributed by atoms with van der Waals surface area (Å²) in [5, 5.41) is 6.21. The van der Waals surface area contributed by atoms with Crippen LogP contribution < -0.4 is 10.1 Å². The zero-order valence-corrected chi connectivity index (χ0v) is 14.3. The highest BCUT2D eigenvalue weighted by molar-refractivity contribution is 6.32. The van der Waals surface area contributed by atoms with Crippen LogP contribution in [-0.4, -0.2) is 27.3 Å². The van der Waals surface area contributed by atoms with Crippen molar-refractivity contribution < 1.29 is 22.7 Å². The Balaban J connectivity index is 1.82. The van der Waals surface area contributed by atoms with E-state index < -0.39 is 24.4 Å². The average molecular weight is 397 g/mol. The van der Waals surface area contributed by atoms with Gasteiger partial charge in [-0.15, -0.1) is 0 Å². The van der Waals surface area contributed by atoms with Crippen molar-refractivity contribution in [3.8, 4) is 11.6 Å². The lowest BCUT2D eigenvalue weighted by Crippen LogP contribution is -2.21. The van der Waals surface area contributed by atoms with Gasteiger partial charge in [-0.25, -0.2) is 0 Å². The molecule has 0 saturated heterocycles. The highest BCUT2D eigenvalue weighted by atomic mass is 35.5. The molecule has 0 bridgehead atoms. The molecule has 6 nitrogen and oxygen atoms in total. The predicted octanol–water partition coefficient (Wildman–Crippen LogP) is 3.96. The van der Waals surface area contributed by atoms with Gasteiger partial charge >= 0.3 is 6.18 Å². The van der Waals surface area contributed by atoms with Crippen molar-refractivity contribution in [1.82, 2.24) is 14.8 Å². The first-order valence-electron chi connectivity index (χ1n) is 7.59. The van der Waals surface area contributed by atoms with E-state index >= 15 is 0 Å². The van der Waals surface area contributed by atoms with Crippen LogP contribution >= 0.6 is 11.6 Å².